The van der Waals surface area contributed by atoms with Crippen molar-refractivity contribution in [1.29, 1.82) is 0 Å². The van der Waals surface area contributed by atoms with Crippen molar-refractivity contribution in [2.75, 3.05) is 6.61 Å². The lowest BCUT2D eigenvalue weighted by Crippen LogP contribution is -2.26. The topological polar surface area (TPSA) is 46.5 Å². The number of aliphatic carboxylic acids is 1. The van der Waals surface area contributed by atoms with Crippen LogP contribution in [0.3, 0.4) is 0 Å². The fourth-order valence-corrected chi connectivity index (χ4v) is 1.00. The summed E-state index contributed by atoms with van der Waals surface area (Å²) < 4.78 is 5.46. The quantitative estimate of drug-likeness (QED) is 0.690. The molecule has 0 aliphatic rings. The molecule has 84 valence electrons. The number of carbonyl (C=O) groups is 1. The van der Waals surface area contributed by atoms with Crippen molar-refractivity contribution in [3.8, 4) is 0 Å². The van der Waals surface area contributed by atoms with E-state index in [1.807, 2.05) is 6.92 Å². The Labute approximate surface area is 86.5 Å². The molecule has 0 aromatic rings. The van der Waals surface area contributed by atoms with Crippen molar-refractivity contribution in [1.82, 2.24) is 0 Å². The standard InChI is InChI=1S/C11H22O3/c1-5-8(2)6-7-14-10(4)9(3)11(12)13/h8-10H,5-7H2,1-4H3,(H,12,13). The van der Waals surface area contributed by atoms with E-state index >= 15 is 0 Å². The molecule has 0 rings (SSSR count). The van der Waals surface area contributed by atoms with Crippen LogP contribution in [0.25, 0.3) is 0 Å². The van der Waals surface area contributed by atoms with Gasteiger partial charge in [-0.15, -0.1) is 0 Å². The Balaban J connectivity index is 3.63. The fourth-order valence-electron chi connectivity index (χ4n) is 1.00. The highest BCUT2D eigenvalue weighted by Crippen LogP contribution is 2.11. The van der Waals surface area contributed by atoms with Gasteiger partial charge in [-0.25, -0.2) is 0 Å². The third kappa shape index (κ3) is 5.22. The van der Waals surface area contributed by atoms with Crippen LogP contribution in [0.1, 0.15) is 40.5 Å². The lowest BCUT2D eigenvalue weighted by Gasteiger charge is -2.18. The number of carboxylic acids is 1. The van der Waals surface area contributed by atoms with Crippen LogP contribution in [-0.2, 0) is 9.53 Å². The summed E-state index contributed by atoms with van der Waals surface area (Å²) in [5.74, 6) is -0.560. The molecule has 0 bridgehead atoms. The van der Waals surface area contributed by atoms with E-state index in [0.717, 1.165) is 12.8 Å². The minimum Gasteiger partial charge on any atom is -0.481 e. The average Bonchev–Trinajstić information content (AvgIpc) is 2.15. The van der Waals surface area contributed by atoms with Crippen LogP contribution in [0.5, 0.6) is 0 Å². The molecule has 14 heavy (non-hydrogen) atoms. The largest absolute Gasteiger partial charge is 0.481 e. The van der Waals surface area contributed by atoms with Gasteiger partial charge in [0.15, 0.2) is 0 Å². The second-order valence-electron chi connectivity index (χ2n) is 4.00. The lowest BCUT2D eigenvalue weighted by molar-refractivity contribution is -0.146. The molecule has 0 amide bonds. The highest BCUT2D eigenvalue weighted by atomic mass is 16.5. The molecule has 3 nitrogen and oxygen atoms in total. The van der Waals surface area contributed by atoms with Crippen molar-refractivity contribution >= 4 is 5.97 Å². The number of carboxylic acid groups (broad SMARTS) is 1. The van der Waals surface area contributed by atoms with Crippen LogP contribution in [0.4, 0.5) is 0 Å². The monoisotopic (exact) mass is 202 g/mol. The Bertz CT molecular complexity index is 168. The van der Waals surface area contributed by atoms with Crippen molar-refractivity contribution in [3.63, 3.8) is 0 Å². The predicted octanol–water partition coefficient (Wildman–Crippen LogP) is 2.55. The molecule has 1 N–H and O–H groups in total. The summed E-state index contributed by atoms with van der Waals surface area (Å²) in [5, 5.41) is 8.73. The summed E-state index contributed by atoms with van der Waals surface area (Å²) in [4.78, 5) is 10.6. The number of ether oxygens (including phenoxy) is 1. The van der Waals surface area contributed by atoms with Gasteiger partial charge in [0.05, 0.1) is 12.0 Å². The maximum atomic E-state index is 10.6. The molecule has 0 aliphatic heterocycles. The van der Waals surface area contributed by atoms with E-state index < -0.39 is 11.9 Å². The van der Waals surface area contributed by atoms with Gasteiger partial charge in [-0.1, -0.05) is 20.3 Å². The maximum Gasteiger partial charge on any atom is 0.308 e. The van der Waals surface area contributed by atoms with Gasteiger partial charge < -0.3 is 9.84 Å². The van der Waals surface area contributed by atoms with Crippen LogP contribution >= 0.6 is 0 Å². The third-order valence-corrected chi connectivity index (χ3v) is 2.78. The zero-order chi connectivity index (χ0) is 11.1. The maximum absolute atomic E-state index is 10.6. The SMILES string of the molecule is CCC(C)CCOC(C)C(C)C(=O)O. The second kappa shape index (κ2) is 6.82. The van der Waals surface area contributed by atoms with Crippen molar-refractivity contribution < 1.29 is 14.6 Å². The summed E-state index contributed by atoms with van der Waals surface area (Å²) in [6, 6.07) is 0. The third-order valence-electron chi connectivity index (χ3n) is 2.78. The Kier molecular flexibility index (Phi) is 6.54. The Morgan fingerprint density at radius 2 is 1.93 bits per heavy atom. The fraction of sp³-hybridized carbons (Fsp3) is 0.909. The van der Waals surface area contributed by atoms with E-state index in [-0.39, 0.29) is 6.10 Å². The molecule has 0 heterocycles. The van der Waals surface area contributed by atoms with Crippen LogP contribution < -0.4 is 0 Å². The summed E-state index contributed by atoms with van der Waals surface area (Å²) in [6.07, 6.45) is 1.95. The number of hydrogen-bond acceptors (Lipinski definition) is 2. The van der Waals surface area contributed by atoms with Gasteiger partial charge in [0.25, 0.3) is 0 Å². The summed E-state index contributed by atoms with van der Waals surface area (Å²) in [5.41, 5.74) is 0. The van der Waals surface area contributed by atoms with E-state index in [4.69, 9.17) is 9.84 Å². The first-order chi connectivity index (χ1) is 6.49. The lowest BCUT2D eigenvalue weighted by atomic mass is 10.1. The molecular weight excluding hydrogens is 180 g/mol. The summed E-state index contributed by atoms with van der Waals surface area (Å²) in [6.45, 7) is 8.47. The highest BCUT2D eigenvalue weighted by molar-refractivity contribution is 5.70. The van der Waals surface area contributed by atoms with Gasteiger partial charge in [0, 0.05) is 6.61 Å². The second-order valence-corrected chi connectivity index (χ2v) is 4.00. The predicted molar refractivity (Wildman–Crippen MR) is 56.3 cm³/mol. The number of rotatable bonds is 7. The van der Waals surface area contributed by atoms with Crippen LogP contribution in [-0.4, -0.2) is 23.8 Å². The van der Waals surface area contributed by atoms with Crippen molar-refractivity contribution in [3.05, 3.63) is 0 Å². The summed E-state index contributed by atoms with van der Waals surface area (Å²) >= 11 is 0. The molecule has 0 fully saturated rings. The molecule has 0 spiro atoms. The van der Waals surface area contributed by atoms with Gasteiger partial charge in [-0.2, -0.15) is 0 Å². The van der Waals surface area contributed by atoms with E-state index in [1.54, 1.807) is 6.92 Å². The molecule has 0 aromatic carbocycles. The Hall–Kier alpha value is -0.570. The average molecular weight is 202 g/mol. The van der Waals surface area contributed by atoms with E-state index in [0.29, 0.717) is 12.5 Å². The molecule has 0 aromatic heterocycles. The minimum atomic E-state index is -0.791. The highest BCUT2D eigenvalue weighted by Gasteiger charge is 2.19. The van der Waals surface area contributed by atoms with Crippen LogP contribution in [0.2, 0.25) is 0 Å². The van der Waals surface area contributed by atoms with E-state index in [9.17, 15) is 4.79 Å². The Morgan fingerprint density at radius 1 is 1.36 bits per heavy atom. The van der Waals surface area contributed by atoms with Gasteiger partial charge in [-0.05, 0) is 26.2 Å². The van der Waals surface area contributed by atoms with E-state index in [2.05, 4.69) is 13.8 Å². The zero-order valence-electron chi connectivity index (χ0n) is 9.62. The molecule has 3 heteroatoms. The van der Waals surface area contributed by atoms with E-state index in [1.165, 1.54) is 0 Å². The molecule has 0 aliphatic carbocycles. The first kappa shape index (κ1) is 13.4. The molecule has 0 saturated heterocycles. The van der Waals surface area contributed by atoms with Crippen molar-refractivity contribution in [2.24, 2.45) is 11.8 Å². The summed E-state index contributed by atoms with van der Waals surface area (Å²) in [7, 11) is 0. The van der Waals surface area contributed by atoms with Gasteiger partial charge in [0.1, 0.15) is 0 Å². The van der Waals surface area contributed by atoms with Crippen molar-refractivity contribution in [2.45, 2.75) is 46.6 Å². The van der Waals surface area contributed by atoms with Gasteiger partial charge >= 0.3 is 5.97 Å². The first-order valence-corrected chi connectivity index (χ1v) is 5.33. The van der Waals surface area contributed by atoms with Crippen LogP contribution in [0, 0.1) is 11.8 Å². The Morgan fingerprint density at radius 3 is 2.36 bits per heavy atom. The molecule has 0 radical (unpaired) electrons. The number of hydrogen-bond donors (Lipinski definition) is 1. The molecule has 3 unspecified atom stereocenters. The minimum absolute atomic E-state index is 0.198. The van der Waals surface area contributed by atoms with Gasteiger partial charge in [-0.3, -0.25) is 4.79 Å². The normalized spacial score (nSPS) is 17.4. The first-order valence-electron chi connectivity index (χ1n) is 5.33. The molecule has 0 saturated carbocycles. The van der Waals surface area contributed by atoms with Gasteiger partial charge in [0.2, 0.25) is 0 Å². The van der Waals surface area contributed by atoms with Crippen LogP contribution in [0.15, 0.2) is 0 Å². The zero-order valence-corrected chi connectivity index (χ0v) is 9.62. The smallest absolute Gasteiger partial charge is 0.308 e. The molecular formula is C11H22O3. The molecule has 3 atom stereocenters.